The van der Waals surface area contributed by atoms with Crippen LogP contribution in [0.15, 0.2) is 34.9 Å². The van der Waals surface area contributed by atoms with Crippen molar-refractivity contribution in [1.29, 1.82) is 0 Å². The number of aromatic nitrogens is 2. The largest absolute Gasteiger partial charge is 0.378 e. The molecule has 0 unspecified atom stereocenters. The van der Waals surface area contributed by atoms with Crippen LogP contribution >= 0.6 is 0 Å². The van der Waals surface area contributed by atoms with E-state index in [0.717, 1.165) is 0 Å². The molecule has 25 heavy (non-hydrogen) atoms. The molecule has 1 saturated heterocycles. The van der Waals surface area contributed by atoms with Crippen molar-refractivity contribution in [2.45, 2.75) is 6.92 Å². The first-order chi connectivity index (χ1) is 12.1. The number of nitrogens with zero attached hydrogens (tertiary/aromatic N) is 3. The molecule has 0 radical (unpaired) electrons. The van der Waals surface area contributed by atoms with Crippen LogP contribution in [0.4, 0.5) is 4.39 Å². The summed E-state index contributed by atoms with van der Waals surface area (Å²) in [6.45, 7) is 3.79. The summed E-state index contributed by atoms with van der Waals surface area (Å²) in [6, 6.07) is 7.92. The Balaban J connectivity index is 1.88. The molecule has 3 aromatic rings. The van der Waals surface area contributed by atoms with Crippen molar-refractivity contribution in [2.75, 3.05) is 26.3 Å². The summed E-state index contributed by atoms with van der Waals surface area (Å²) in [7, 11) is 0. The predicted molar refractivity (Wildman–Crippen MR) is 88.7 cm³/mol. The second-order valence-electron chi connectivity index (χ2n) is 5.89. The molecule has 0 atom stereocenters. The topological polar surface area (TPSA) is 68.5 Å². The van der Waals surface area contributed by atoms with Crippen LogP contribution in [0.3, 0.4) is 0 Å². The smallest absolute Gasteiger partial charge is 0.259 e. The van der Waals surface area contributed by atoms with Gasteiger partial charge in [0.2, 0.25) is 0 Å². The maximum Gasteiger partial charge on any atom is 0.259 e. The summed E-state index contributed by atoms with van der Waals surface area (Å²) >= 11 is 0. The van der Waals surface area contributed by atoms with Crippen molar-refractivity contribution in [3.05, 3.63) is 47.4 Å². The molecule has 0 saturated carbocycles. The van der Waals surface area contributed by atoms with Gasteiger partial charge in [-0.2, -0.15) is 0 Å². The predicted octanol–water partition coefficient (Wildman–Crippen LogP) is 2.81. The van der Waals surface area contributed by atoms with Crippen molar-refractivity contribution in [3.63, 3.8) is 0 Å². The second kappa shape index (κ2) is 6.25. The molecule has 2 aromatic heterocycles. The zero-order valence-corrected chi connectivity index (χ0v) is 13.7. The van der Waals surface area contributed by atoms with Gasteiger partial charge in [0.05, 0.1) is 35.6 Å². The van der Waals surface area contributed by atoms with E-state index in [0.29, 0.717) is 54.2 Å². The van der Waals surface area contributed by atoms with Crippen molar-refractivity contribution in [1.82, 2.24) is 15.0 Å². The average molecular weight is 341 g/mol. The highest BCUT2D eigenvalue weighted by molar-refractivity contribution is 6.07. The Morgan fingerprint density at radius 2 is 2.00 bits per heavy atom. The van der Waals surface area contributed by atoms with Crippen LogP contribution in [0, 0.1) is 12.7 Å². The first-order valence-electron chi connectivity index (χ1n) is 8.04. The maximum absolute atomic E-state index is 14.2. The number of hydrogen-bond donors (Lipinski definition) is 0. The van der Waals surface area contributed by atoms with E-state index >= 15 is 0 Å². The van der Waals surface area contributed by atoms with Crippen LogP contribution in [0.5, 0.6) is 0 Å². The van der Waals surface area contributed by atoms with E-state index in [2.05, 4.69) is 10.1 Å². The van der Waals surface area contributed by atoms with Crippen molar-refractivity contribution >= 4 is 17.0 Å². The van der Waals surface area contributed by atoms with Gasteiger partial charge in [-0.15, -0.1) is 0 Å². The number of halogens is 1. The van der Waals surface area contributed by atoms with Gasteiger partial charge in [-0.3, -0.25) is 4.79 Å². The fourth-order valence-electron chi connectivity index (χ4n) is 3.01. The van der Waals surface area contributed by atoms with Crippen molar-refractivity contribution in [3.8, 4) is 11.3 Å². The zero-order valence-electron chi connectivity index (χ0n) is 13.7. The third kappa shape index (κ3) is 2.76. The Kier molecular flexibility index (Phi) is 3.93. The number of fused-ring (bicyclic) bond motifs is 1. The van der Waals surface area contributed by atoms with Gasteiger partial charge in [0, 0.05) is 18.7 Å². The molecule has 0 aliphatic carbocycles. The number of rotatable bonds is 2. The number of benzene rings is 1. The minimum atomic E-state index is -0.407. The number of morpholine rings is 1. The minimum Gasteiger partial charge on any atom is -0.378 e. The van der Waals surface area contributed by atoms with E-state index in [-0.39, 0.29) is 11.6 Å². The van der Waals surface area contributed by atoms with Gasteiger partial charge in [-0.25, -0.2) is 9.37 Å². The Bertz CT molecular complexity index is 948. The molecule has 128 valence electrons. The highest BCUT2D eigenvalue weighted by atomic mass is 19.1. The van der Waals surface area contributed by atoms with Gasteiger partial charge in [0.25, 0.3) is 11.6 Å². The summed E-state index contributed by atoms with van der Waals surface area (Å²) in [5.74, 6) is -0.560. The Morgan fingerprint density at radius 1 is 1.24 bits per heavy atom. The minimum absolute atomic E-state index is 0.153. The molecule has 3 heterocycles. The molecule has 7 heteroatoms. The van der Waals surface area contributed by atoms with Crippen LogP contribution in [-0.2, 0) is 4.74 Å². The quantitative estimate of drug-likeness (QED) is 0.717. The molecular formula is C18H16FN3O3. The normalized spacial score (nSPS) is 14.9. The molecule has 1 aliphatic heterocycles. The summed E-state index contributed by atoms with van der Waals surface area (Å²) < 4.78 is 24.7. The molecule has 1 aliphatic rings. The number of carbonyl (C=O) groups is 1. The lowest BCUT2D eigenvalue weighted by Crippen LogP contribution is -2.40. The monoisotopic (exact) mass is 341 g/mol. The molecule has 1 aromatic carbocycles. The van der Waals surface area contributed by atoms with Gasteiger partial charge < -0.3 is 14.2 Å². The molecule has 0 N–H and O–H groups in total. The molecule has 4 rings (SSSR count). The molecular weight excluding hydrogens is 325 g/mol. The summed E-state index contributed by atoms with van der Waals surface area (Å²) in [6.07, 6.45) is 0. The summed E-state index contributed by atoms with van der Waals surface area (Å²) in [5.41, 5.74) is 1.89. The third-order valence-corrected chi connectivity index (χ3v) is 4.30. The highest BCUT2D eigenvalue weighted by Crippen LogP contribution is 2.29. The van der Waals surface area contributed by atoms with E-state index in [1.165, 1.54) is 6.07 Å². The van der Waals surface area contributed by atoms with Gasteiger partial charge in [-0.1, -0.05) is 17.3 Å². The van der Waals surface area contributed by atoms with E-state index in [1.54, 1.807) is 36.1 Å². The first-order valence-corrected chi connectivity index (χ1v) is 8.04. The number of amides is 1. The standard InChI is InChI=1S/C18H16FN3O3/c1-11-16-13(18(23)22-6-8-24-9-7-22)10-15(20-17(16)25-21-11)12-4-2-3-5-14(12)19/h2-5,10H,6-9H2,1H3. The lowest BCUT2D eigenvalue weighted by atomic mass is 10.0. The van der Waals surface area contributed by atoms with Gasteiger partial charge in [0.1, 0.15) is 5.82 Å². The third-order valence-electron chi connectivity index (χ3n) is 4.30. The Hall–Kier alpha value is -2.80. The number of hydrogen-bond acceptors (Lipinski definition) is 5. The number of carbonyl (C=O) groups excluding carboxylic acids is 1. The summed E-state index contributed by atoms with van der Waals surface area (Å²) in [5, 5.41) is 4.48. The van der Waals surface area contributed by atoms with E-state index in [1.807, 2.05) is 0 Å². The Labute approximate surface area is 143 Å². The van der Waals surface area contributed by atoms with E-state index in [4.69, 9.17) is 9.26 Å². The molecule has 1 amide bonds. The fourth-order valence-corrected chi connectivity index (χ4v) is 3.01. The number of ether oxygens (including phenoxy) is 1. The number of aryl methyl sites for hydroxylation is 1. The molecule has 6 nitrogen and oxygen atoms in total. The Morgan fingerprint density at radius 3 is 2.76 bits per heavy atom. The van der Waals surface area contributed by atoms with Crippen LogP contribution in [0.2, 0.25) is 0 Å². The van der Waals surface area contributed by atoms with Crippen LogP contribution in [0.1, 0.15) is 16.1 Å². The highest BCUT2D eigenvalue weighted by Gasteiger charge is 2.25. The van der Waals surface area contributed by atoms with E-state index < -0.39 is 5.82 Å². The van der Waals surface area contributed by atoms with Crippen molar-refractivity contribution in [2.24, 2.45) is 0 Å². The summed E-state index contributed by atoms with van der Waals surface area (Å²) in [4.78, 5) is 19.1. The molecule has 0 bridgehead atoms. The average Bonchev–Trinajstić information content (AvgIpc) is 3.02. The van der Waals surface area contributed by atoms with Crippen LogP contribution in [0.25, 0.3) is 22.4 Å². The van der Waals surface area contributed by atoms with E-state index in [9.17, 15) is 9.18 Å². The first kappa shape index (κ1) is 15.7. The lowest BCUT2D eigenvalue weighted by Gasteiger charge is -2.27. The SMILES string of the molecule is Cc1noc2nc(-c3ccccc3F)cc(C(=O)N3CCOCC3)c12. The molecule has 0 spiro atoms. The van der Waals surface area contributed by atoms with Crippen LogP contribution in [-0.4, -0.2) is 47.3 Å². The van der Waals surface area contributed by atoms with Crippen molar-refractivity contribution < 1.29 is 18.4 Å². The second-order valence-corrected chi connectivity index (χ2v) is 5.89. The number of pyridine rings is 1. The van der Waals surface area contributed by atoms with Gasteiger partial charge in [0.15, 0.2) is 0 Å². The van der Waals surface area contributed by atoms with Gasteiger partial charge >= 0.3 is 0 Å². The lowest BCUT2D eigenvalue weighted by molar-refractivity contribution is 0.0304. The fraction of sp³-hybridized carbons (Fsp3) is 0.278. The zero-order chi connectivity index (χ0) is 17.4. The molecule has 1 fully saturated rings. The maximum atomic E-state index is 14.2. The van der Waals surface area contributed by atoms with Gasteiger partial charge in [-0.05, 0) is 25.1 Å². The van der Waals surface area contributed by atoms with Crippen LogP contribution < -0.4 is 0 Å².